The minimum Gasteiger partial charge on any atom is -0.460 e. The van der Waals surface area contributed by atoms with E-state index in [2.05, 4.69) is 39.9 Å². The number of carbonyl (C=O) groups is 1. The molecule has 0 fully saturated rings. The molecule has 0 bridgehead atoms. The van der Waals surface area contributed by atoms with Crippen molar-refractivity contribution in [3.05, 3.63) is 108 Å². The van der Waals surface area contributed by atoms with Crippen LogP contribution in [0.5, 0.6) is 0 Å². The second-order valence-corrected chi connectivity index (χ2v) is 8.27. The van der Waals surface area contributed by atoms with Gasteiger partial charge in [0, 0.05) is 29.0 Å². The number of amides is 1. The lowest BCUT2D eigenvalue weighted by Crippen LogP contribution is -2.45. The number of aromatic amines is 1. The van der Waals surface area contributed by atoms with Gasteiger partial charge in [-0.05, 0) is 42.2 Å². The van der Waals surface area contributed by atoms with E-state index in [1.54, 1.807) is 0 Å². The maximum atomic E-state index is 13.2. The number of rotatable bonds is 9. The van der Waals surface area contributed by atoms with E-state index in [1.807, 2.05) is 66.9 Å². The molecule has 0 aliphatic carbocycles. The number of H-pyrrole nitrogens is 1. The van der Waals surface area contributed by atoms with Crippen LogP contribution in [0.3, 0.4) is 0 Å². The normalized spacial score (nSPS) is 12.2. The molecule has 3 N–H and O–H groups in total. The number of furan rings is 1. The Hall–Kier alpha value is -3.83. The minimum absolute atomic E-state index is 0.00711. The van der Waals surface area contributed by atoms with E-state index in [9.17, 15) is 4.79 Å². The van der Waals surface area contributed by atoms with E-state index in [1.165, 1.54) is 5.56 Å². The van der Waals surface area contributed by atoms with Gasteiger partial charge in [-0.1, -0.05) is 66.7 Å². The van der Waals surface area contributed by atoms with Gasteiger partial charge in [0.25, 0.3) is 0 Å². The topological polar surface area (TPSA) is 70.1 Å². The minimum atomic E-state index is -0.381. The highest BCUT2D eigenvalue weighted by Crippen LogP contribution is 2.21. The van der Waals surface area contributed by atoms with Crippen molar-refractivity contribution in [3.63, 3.8) is 0 Å². The van der Waals surface area contributed by atoms with E-state index in [0.29, 0.717) is 19.5 Å². The Kier molecular flexibility index (Phi) is 6.22. The molecule has 3 aromatic carbocycles. The van der Waals surface area contributed by atoms with Gasteiger partial charge in [-0.25, -0.2) is 0 Å². The third-order valence-electron chi connectivity index (χ3n) is 5.97. The lowest BCUT2D eigenvalue weighted by atomic mass is 10.0. The molecule has 5 rings (SSSR count). The number of nitrogens with one attached hydrogen (secondary N) is 3. The first-order chi connectivity index (χ1) is 16.3. The number of benzene rings is 3. The van der Waals surface area contributed by atoms with Crippen LogP contribution in [0.4, 0.5) is 0 Å². The molecule has 0 spiro atoms. The predicted molar refractivity (Wildman–Crippen MR) is 132 cm³/mol. The van der Waals surface area contributed by atoms with Gasteiger partial charge in [0.1, 0.15) is 11.3 Å². The van der Waals surface area contributed by atoms with E-state index >= 15 is 0 Å². The number of hydrogen-bond acceptors (Lipinski definition) is 3. The summed E-state index contributed by atoms with van der Waals surface area (Å²) >= 11 is 0. The predicted octanol–water partition coefficient (Wildman–Crippen LogP) is 4.97. The van der Waals surface area contributed by atoms with Gasteiger partial charge in [0.05, 0.1) is 12.6 Å². The molecule has 2 heterocycles. The largest absolute Gasteiger partial charge is 0.460 e. The van der Waals surface area contributed by atoms with E-state index in [-0.39, 0.29) is 11.9 Å². The van der Waals surface area contributed by atoms with Crippen molar-refractivity contribution in [1.82, 2.24) is 15.6 Å². The van der Waals surface area contributed by atoms with Gasteiger partial charge in [0.15, 0.2) is 0 Å². The van der Waals surface area contributed by atoms with Crippen molar-refractivity contribution < 1.29 is 9.21 Å². The zero-order chi connectivity index (χ0) is 22.5. The van der Waals surface area contributed by atoms with Crippen molar-refractivity contribution in [2.75, 3.05) is 6.54 Å². The third kappa shape index (κ3) is 4.99. The first kappa shape index (κ1) is 21.0. The van der Waals surface area contributed by atoms with Crippen LogP contribution in [0.25, 0.3) is 21.9 Å². The fourth-order valence-corrected chi connectivity index (χ4v) is 4.22. The summed E-state index contributed by atoms with van der Waals surface area (Å²) in [5.74, 6) is 0.810. The molecule has 5 nitrogen and oxygen atoms in total. The molecule has 1 amide bonds. The van der Waals surface area contributed by atoms with Gasteiger partial charge >= 0.3 is 0 Å². The summed E-state index contributed by atoms with van der Waals surface area (Å²) in [6.45, 7) is 1.08. The Labute approximate surface area is 192 Å². The smallest absolute Gasteiger partial charge is 0.237 e. The summed E-state index contributed by atoms with van der Waals surface area (Å²) in [7, 11) is 0. The molecule has 0 aliphatic rings. The lowest BCUT2D eigenvalue weighted by molar-refractivity contribution is -0.123. The van der Waals surface area contributed by atoms with Crippen LogP contribution in [0.2, 0.25) is 0 Å². The summed E-state index contributed by atoms with van der Waals surface area (Å²) in [6, 6.07) is 28.0. The first-order valence-corrected chi connectivity index (χ1v) is 11.3. The summed E-state index contributed by atoms with van der Waals surface area (Å²) in [6.07, 6.45) is 3.38. The fourth-order valence-electron chi connectivity index (χ4n) is 4.22. The number of aromatic nitrogens is 1. The van der Waals surface area contributed by atoms with Crippen molar-refractivity contribution in [2.45, 2.75) is 25.4 Å². The number of fused-ring (bicyclic) bond motifs is 2. The van der Waals surface area contributed by atoms with Gasteiger partial charge < -0.3 is 14.7 Å². The molecule has 2 aromatic heterocycles. The maximum absolute atomic E-state index is 13.2. The van der Waals surface area contributed by atoms with Gasteiger partial charge in [0.2, 0.25) is 5.91 Å². The monoisotopic (exact) mass is 437 g/mol. The Morgan fingerprint density at radius 2 is 1.73 bits per heavy atom. The maximum Gasteiger partial charge on any atom is 0.237 e. The first-order valence-electron chi connectivity index (χ1n) is 11.3. The number of carbonyl (C=O) groups excluding carboxylic acids is 1. The van der Waals surface area contributed by atoms with Gasteiger partial charge in [-0.15, -0.1) is 0 Å². The zero-order valence-corrected chi connectivity index (χ0v) is 18.4. The molecular formula is C28H27N3O2. The summed E-state index contributed by atoms with van der Waals surface area (Å²) in [4.78, 5) is 16.5. The lowest BCUT2D eigenvalue weighted by Gasteiger charge is -2.18. The summed E-state index contributed by atoms with van der Waals surface area (Å²) in [5, 5.41) is 8.75. The Morgan fingerprint density at radius 1 is 0.939 bits per heavy atom. The van der Waals surface area contributed by atoms with Crippen LogP contribution in [-0.2, 0) is 24.2 Å². The fraction of sp³-hybridized carbons (Fsp3) is 0.179. The average Bonchev–Trinajstić information content (AvgIpc) is 3.46. The molecule has 33 heavy (non-hydrogen) atoms. The molecule has 5 heteroatoms. The van der Waals surface area contributed by atoms with E-state index < -0.39 is 0 Å². The molecule has 1 unspecified atom stereocenters. The van der Waals surface area contributed by atoms with E-state index in [4.69, 9.17) is 4.42 Å². The van der Waals surface area contributed by atoms with Crippen molar-refractivity contribution in [3.8, 4) is 0 Å². The van der Waals surface area contributed by atoms with Crippen LogP contribution in [0.1, 0.15) is 16.9 Å². The van der Waals surface area contributed by atoms with Crippen molar-refractivity contribution in [1.29, 1.82) is 0 Å². The molecule has 166 valence electrons. The van der Waals surface area contributed by atoms with Gasteiger partial charge in [-0.3, -0.25) is 10.1 Å². The molecular weight excluding hydrogens is 410 g/mol. The molecule has 0 aliphatic heterocycles. The molecule has 5 aromatic rings. The molecule has 1 atom stereocenters. The summed E-state index contributed by atoms with van der Waals surface area (Å²) in [5.41, 5.74) is 4.26. The van der Waals surface area contributed by atoms with Crippen LogP contribution in [0, 0.1) is 0 Å². The Bertz CT molecular complexity index is 1320. The quantitative estimate of drug-likeness (QED) is 0.305. The highest BCUT2D eigenvalue weighted by atomic mass is 16.3. The van der Waals surface area contributed by atoms with E-state index in [0.717, 1.165) is 39.6 Å². The molecule has 0 saturated carbocycles. The average molecular weight is 438 g/mol. The number of para-hydroxylation sites is 2. The molecule has 0 saturated heterocycles. The SMILES string of the molecule is O=C(NCCc1ccccc1)C(Cc1c[nH]c2ccccc12)NCc1cc2ccccc2o1. The second kappa shape index (κ2) is 9.76. The van der Waals surface area contributed by atoms with Crippen LogP contribution < -0.4 is 10.6 Å². The highest BCUT2D eigenvalue weighted by molar-refractivity contribution is 5.86. The van der Waals surface area contributed by atoms with Crippen LogP contribution in [-0.4, -0.2) is 23.5 Å². The number of hydrogen-bond donors (Lipinski definition) is 3. The molecule has 0 radical (unpaired) electrons. The standard InChI is InChI=1S/C28H27N3O2/c32-28(29-15-14-20-8-2-1-3-9-20)26(17-22-18-30-25-12-6-5-11-24(22)25)31-19-23-16-21-10-4-7-13-27(21)33-23/h1-13,16,18,26,30-31H,14-15,17,19H2,(H,29,32). The zero-order valence-electron chi connectivity index (χ0n) is 18.4. The van der Waals surface area contributed by atoms with Crippen molar-refractivity contribution in [2.24, 2.45) is 0 Å². The Morgan fingerprint density at radius 3 is 2.61 bits per heavy atom. The van der Waals surface area contributed by atoms with Gasteiger partial charge in [-0.2, -0.15) is 0 Å². The second-order valence-electron chi connectivity index (χ2n) is 8.27. The van der Waals surface area contributed by atoms with Crippen LogP contribution in [0.15, 0.2) is 95.5 Å². The third-order valence-corrected chi connectivity index (χ3v) is 5.97. The summed E-state index contributed by atoms with van der Waals surface area (Å²) < 4.78 is 5.94. The highest BCUT2D eigenvalue weighted by Gasteiger charge is 2.20. The van der Waals surface area contributed by atoms with Crippen molar-refractivity contribution >= 4 is 27.8 Å². The van der Waals surface area contributed by atoms with Crippen LogP contribution >= 0.6 is 0 Å². The Balaban J connectivity index is 1.29.